The van der Waals surface area contributed by atoms with Crippen LogP contribution in [-0.4, -0.2) is 36.7 Å². The number of carboxylic acid groups (broad SMARTS) is 1. The molecule has 0 saturated carbocycles. The number of halogens is 1. The Kier molecular flexibility index (Phi) is 4.64. The lowest BCUT2D eigenvalue weighted by molar-refractivity contribution is -0.133. The first-order valence-corrected chi connectivity index (χ1v) is 7.06. The van der Waals surface area contributed by atoms with Gasteiger partial charge in [-0.1, -0.05) is 29.4 Å². The van der Waals surface area contributed by atoms with Gasteiger partial charge in [0.05, 0.1) is 11.4 Å². The molecule has 0 aliphatic heterocycles. The van der Waals surface area contributed by atoms with Crippen molar-refractivity contribution < 1.29 is 15.0 Å². The Bertz CT molecular complexity index is 645. The molecule has 0 aliphatic rings. The van der Waals surface area contributed by atoms with E-state index in [1.54, 1.807) is 16.7 Å². The highest BCUT2D eigenvalue weighted by molar-refractivity contribution is 7.99. The van der Waals surface area contributed by atoms with Crippen molar-refractivity contribution >= 4 is 29.3 Å². The summed E-state index contributed by atoms with van der Waals surface area (Å²) >= 11 is 7.12. The van der Waals surface area contributed by atoms with E-state index in [-0.39, 0.29) is 12.4 Å². The van der Waals surface area contributed by atoms with Gasteiger partial charge in [0.1, 0.15) is 6.61 Å². The van der Waals surface area contributed by atoms with Gasteiger partial charge in [-0.3, -0.25) is 9.36 Å². The van der Waals surface area contributed by atoms with Crippen molar-refractivity contribution in [2.45, 2.75) is 18.7 Å². The molecule has 0 unspecified atom stereocenters. The zero-order valence-corrected chi connectivity index (χ0v) is 12.1. The van der Waals surface area contributed by atoms with Crippen molar-refractivity contribution in [3.8, 4) is 5.69 Å². The highest BCUT2D eigenvalue weighted by Crippen LogP contribution is 2.27. The topological polar surface area (TPSA) is 88.2 Å². The Morgan fingerprint density at radius 2 is 2.20 bits per heavy atom. The van der Waals surface area contributed by atoms with Crippen LogP contribution in [0.3, 0.4) is 0 Å². The summed E-state index contributed by atoms with van der Waals surface area (Å²) in [6.07, 6.45) is 0. The van der Waals surface area contributed by atoms with Crippen LogP contribution >= 0.6 is 23.4 Å². The van der Waals surface area contributed by atoms with Gasteiger partial charge >= 0.3 is 5.97 Å². The van der Waals surface area contributed by atoms with Crippen LogP contribution in [-0.2, 0) is 11.4 Å². The Labute approximate surface area is 124 Å². The number of aliphatic carboxylic acids is 1. The third-order valence-corrected chi connectivity index (χ3v) is 3.97. The van der Waals surface area contributed by atoms with Gasteiger partial charge in [-0.2, -0.15) is 0 Å². The quantitative estimate of drug-likeness (QED) is 0.820. The molecule has 0 saturated heterocycles. The first kappa shape index (κ1) is 14.8. The Hall–Kier alpha value is -1.57. The molecule has 8 heteroatoms. The van der Waals surface area contributed by atoms with Gasteiger partial charge in [-0.25, -0.2) is 0 Å². The van der Waals surface area contributed by atoms with E-state index in [0.717, 1.165) is 23.0 Å². The van der Waals surface area contributed by atoms with E-state index in [1.165, 1.54) is 0 Å². The number of thioether (sulfide) groups is 1. The molecule has 0 aliphatic carbocycles. The number of rotatable bonds is 5. The van der Waals surface area contributed by atoms with E-state index in [1.807, 2.05) is 13.0 Å². The van der Waals surface area contributed by atoms with Crippen LogP contribution in [0.1, 0.15) is 11.4 Å². The van der Waals surface area contributed by atoms with Crippen molar-refractivity contribution in [3.05, 3.63) is 34.6 Å². The van der Waals surface area contributed by atoms with E-state index >= 15 is 0 Å². The summed E-state index contributed by atoms with van der Waals surface area (Å²) in [4.78, 5) is 10.7. The van der Waals surface area contributed by atoms with E-state index in [2.05, 4.69) is 10.2 Å². The molecule has 1 aromatic carbocycles. The summed E-state index contributed by atoms with van der Waals surface area (Å²) < 4.78 is 1.62. The average molecular weight is 314 g/mol. The van der Waals surface area contributed by atoms with Crippen LogP contribution in [0.15, 0.2) is 23.4 Å². The molecular weight excluding hydrogens is 302 g/mol. The highest BCUT2D eigenvalue weighted by Gasteiger charge is 2.17. The smallest absolute Gasteiger partial charge is 0.313 e. The predicted octanol–water partition coefficient (Wildman–Crippen LogP) is 1.90. The van der Waals surface area contributed by atoms with Crippen LogP contribution in [0, 0.1) is 6.92 Å². The Morgan fingerprint density at radius 3 is 2.85 bits per heavy atom. The zero-order valence-electron chi connectivity index (χ0n) is 10.6. The number of hydrogen-bond donors (Lipinski definition) is 2. The number of carboxylic acids is 1. The number of hydrogen-bond acceptors (Lipinski definition) is 5. The van der Waals surface area contributed by atoms with Crippen molar-refractivity contribution in [2.24, 2.45) is 0 Å². The fourth-order valence-electron chi connectivity index (χ4n) is 1.70. The summed E-state index contributed by atoms with van der Waals surface area (Å²) in [5.74, 6) is -0.746. The molecule has 1 heterocycles. The number of benzene rings is 1. The van der Waals surface area contributed by atoms with Gasteiger partial charge in [0.15, 0.2) is 11.0 Å². The van der Waals surface area contributed by atoms with Gasteiger partial charge in [-0.15, -0.1) is 10.2 Å². The molecule has 0 amide bonds. The first-order valence-electron chi connectivity index (χ1n) is 5.69. The number of aliphatic hydroxyl groups is 1. The fraction of sp³-hybridized carbons (Fsp3) is 0.250. The molecule has 0 atom stereocenters. The molecule has 0 radical (unpaired) electrons. The molecule has 106 valence electrons. The summed E-state index contributed by atoms with van der Waals surface area (Å²) in [5.41, 5.74) is 1.53. The summed E-state index contributed by atoms with van der Waals surface area (Å²) in [6.45, 7) is 1.54. The molecule has 20 heavy (non-hydrogen) atoms. The highest BCUT2D eigenvalue weighted by atomic mass is 35.5. The maximum Gasteiger partial charge on any atom is 0.313 e. The number of aromatic nitrogens is 3. The van der Waals surface area contributed by atoms with Gasteiger partial charge in [0, 0.05) is 5.02 Å². The van der Waals surface area contributed by atoms with E-state index < -0.39 is 5.97 Å². The van der Waals surface area contributed by atoms with Crippen LogP contribution in [0.5, 0.6) is 0 Å². The van der Waals surface area contributed by atoms with E-state index in [4.69, 9.17) is 16.7 Å². The molecule has 1 aromatic heterocycles. The van der Waals surface area contributed by atoms with Crippen molar-refractivity contribution in [2.75, 3.05) is 5.75 Å². The minimum absolute atomic E-state index is 0.136. The molecule has 6 nitrogen and oxygen atoms in total. The maximum atomic E-state index is 10.7. The summed E-state index contributed by atoms with van der Waals surface area (Å²) in [5, 5.41) is 26.9. The van der Waals surface area contributed by atoms with Crippen molar-refractivity contribution in [1.82, 2.24) is 14.8 Å². The van der Waals surface area contributed by atoms with Crippen LogP contribution in [0.25, 0.3) is 5.69 Å². The van der Waals surface area contributed by atoms with Crippen molar-refractivity contribution in [3.63, 3.8) is 0 Å². The van der Waals surface area contributed by atoms with Gasteiger partial charge in [0.2, 0.25) is 0 Å². The average Bonchev–Trinajstić information content (AvgIpc) is 2.82. The monoisotopic (exact) mass is 313 g/mol. The number of carbonyl (C=O) groups is 1. The third kappa shape index (κ3) is 2.95. The minimum atomic E-state index is -0.946. The second-order valence-electron chi connectivity index (χ2n) is 3.96. The third-order valence-electron chi connectivity index (χ3n) is 2.65. The Morgan fingerprint density at radius 1 is 1.45 bits per heavy atom. The molecule has 2 aromatic rings. The SMILES string of the molecule is Cc1c(Cl)cccc1-n1c(CO)nnc1SCC(=O)O. The second kappa shape index (κ2) is 6.25. The largest absolute Gasteiger partial charge is 0.481 e. The molecule has 2 rings (SSSR count). The number of nitrogens with zero attached hydrogens (tertiary/aromatic N) is 3. The number of aliphatic hydroxyl groups excluding tert-OH is 1. The second-order valence-corrected chi connectivity index (χ2v) is 5.31. The zero-order chi connectivity index (χ0) is 14.7. The normalized spacial score (nSPS) is 10.8. The minimum Gasteiger partial charge on any atom is -0.481 e. The van der Waals surface area contributed by atoms with E-state index in [0.29, 0.717) is 16.0 Å². The molecule has 2 N–H and O–H groups in total. The summed E-state index contributed by atoms with van der Waals surface area (Å²) in [7, 11) is 0. The maximum absolute atomic E-state index is 10.7. The van der Waals surface area contributed by atoms with Crippen LogP contribution in [0.2, 0.25) is 5.02 Å². The first-order chi connectivity index (χ1) is 9.54. The molecule has 0 bridgehead atoms. The molecule has 0 spiro atoms. The predicted molar refractivity (Wildman–Crippen MR) is 75.4 cm³/mol. The van der Waals surface area contributed by atoms with Gasteiger partial charge in [-0.05, 0) is 24.6 Å². The molecule has 0 fully saturated rings. The Balaban J connectivity index is 2.50. The summed E-state index contributed by atoms with van der Waals surface area (Å²) in [6, 6.07) is 5.35. The van der Waals surface area contributed by atoms with E-state index in [9.17, 15) is 9.90 Å². The van der Waals surface area contributed by atoms with Gasteiger partial charge in [0.25, 0.3) is 0 Å². The lowest BCUT2D eigenvalue weighted by Gasteiger charge is -2.12. The van der Waals surface area contributed by atoms with Crippen LogP contribution in [0.4, 0.5) is 0 Å². The lowest BCUT2D eigenvalue weighted by atomic mass is 10.2. The van der Waals surface area contributed by atoms with Crippen molar-refractivity contribution in [1.29, 1.82) is 0 Å². The molecular formula is C12H12ClN3O3S. The lowest BCUT2D eigenvalue weighted by Crippen LogP contribution is -2.06. The van der Waals surface area contributed by atoms with Gasteiger partial charge < -0.3 is 10.2 Å². The fourth-order valence-corrected chi connectivity index (χ4v) is 2.56. The van der Waals surface area contributed by atoms with Crippen LogP contribution < -0.4 is 0 Å². The standard InChI is InChI=1S/C12H12ClN3O3S/c1-7-8(13)3-2-4-9(7)16-10(5-17)14-15-12(16)20-6-11(18)19/h2-4,17H,5-6H2,1H3,(H,18,19).